The smallest absolute Gasteiger partial charge is 0.137 e. The van der Waals surface area contributed by atoms with E-state index >= 15 is 0 Å². The van der Waals surface area contributed by atoms with Gasteiger partial charge in [0.2, 0.25) is 0 Å². The summed E-state index contributed by atoms with van der Waals surface area (Å²) in [6.07, 6.45) is -0.674. The Kier molecular flexibility index (Phi) is 5.34. The number of aliphatic hydroxyl groups is 1. The zero-order valence-corrected chi connectivity index (χ0v) is 9.22. The lowest BCUT2D eigenvalue weighted by Crippen LogP contribution is -2.23. The molecule has 0 saturated heterocycles. The average Bonchev–Trinajstić information content (AvgIpc) is 2.34. The molecule has 16 heavy (non-hydrogen) atoms. The first-order valence-corrected chi connectivity index (χ1v) is 5.15. The molecule has 0 fully saturated rings. The molecule has 0 bridgehead atoms. The largest absolute Gasteiger partial charge is 0.489 e. The predicted molar refractivity (Wildman–Crippen MR) is 59.2 cm³/mol. The van der Waals surface area contributed by atoms with Crippen LogP contribution >= 0.6 is 0 Å². The second-order valence-corrected chi connectivity index (χ2v) is 3.23. The highest BCUT2D eigenvalue weighted by atomic mass is 16.5. The van der Waals surface area contributed by atoms with Crippen LogP contribution in [0.3, 0.4) is 0 Å². The van der Waals surface area contributed by atoms with Gasteiger partial charge in [-0.1, -0.05) is 12.1 Å². The first-order valence-electron chi connectivity index (χ1n) is 5.15. The molecule has 86 valence electrons. The lowest BCUT2D eigenvalue weighted by Gasteiger charge is -2.12. The van der Waals surface area contributed by atoms with Gasteiger partial charge >= 0.3 is 0 Å². The van der Waals surface area contributed by atoms with Crippen LogP contribution in [0.25, 0.3) is 0 Å². The number of nitrogens with zero attached hydrogens (tertiary/aromatic N) is 1. The molecule has 0 saturated carbocycles. The fourth-order valence-electron chi connectivity index (χ4n) is 1.17. The van der Waals surface area contributed by atoms with Gasteiger partial charge in [-0.25, -0.2) is 0 Å². The molecular formula is C12H15NO3. The second-order valence-electron chi connectivity index (χ2n) is 3.23. The quantitative estimate of drug-likeness (QED) is 0.787. The molecule has 0 aliphatic rings. The summed E-state index contributed by atoms with van der Waals surface area (Å²) >= 11 is 0. The van der Waals surface area contributed by atoms with Crippen molar-refractivity contribution in [1.29, 1.82) is 5.26 Å². The van der Waals surface area contributed by atoms with Crippen molar-refractivity contribution in [2.24, 2.45) is 0 Å². The highest BCUT2D eigenvalue weighted by Crippen LogP contribution is 2.16. The van der Waals surface area contributed by atoms with Gasteiger partial charge in [0, 0.05) is 6.61 Å². The predicted octanol–water partition coefficient (Wildman–Crippen LogP) is 1.33. The maximum Gasteiger partial charge on any atom is 0.137 e. The van der Waals surface area contributed by atoms with Crippen molar-refractivity contribution in [2.75, 3.05) is 19.8 Å². The van der Waals surface area contributed by atoms with Gasteiger partial charge in [0.25, 0.3) is 0 Å². The Labute approximate surface area is 95.0 Å². The Balaban J connectivity index is 2.45. The molecule has 1 aromatic carbocycles. The number of ether oxygens (including phenoxy) is 2. The van der Waals surface area contributed by atoms with Gasteiger partial charge in [-0.15, -0.1) is 0 Å². The van der Waals surface area contributed by atoms with Crippen molar-refractivity contribution in [3.8, 4) is 11.8 Å². The van der Waals surface area contributed by atoms with E-state index in [1.165, 1.54) is 0 Å². The van der Waals surface area contributed by atoms with E-state index in [4.69, 9.17) is 14.7 Å². The van der Waals surface area contributed by atoms with Gasteiger partial charge in [-0.05, 0) is 19.1 Å². The number of benzene rings is 1. The molecule has 0 spiro atoms. The Hall–Kier alpha value is -1.57. The Morgan fingerprint density at radius 2 is 2.12 bits per heavy atom. The molecule has 0 aromatic heterocycles. The van der Waals surface area contributed by atoms with Gasteiger partial charge in [-0.2, -0.15) is 5.26 Å². The standard InChI is InChI=1S/C12H15NO3/c1-2-15-8-11(14)9-16-12-6-4-3-5-10(12)7-13/h3-6,11,14H,2,8-9H2,1H3. The summed E-state index contributed by atoms with van der Waals surface area (Å²) in [7, 11) is 0. The van der Waals surface area contributed by atoms with Crippen LogP contribution in [-0.2, 0) is 4.74 Å². The van der Waals surface area contributed by atoms with Gasteiger partial charge in [0.1, 0.15) is 24.5 Å². The second kappa shape index (κ2) is 6.83. The Bertz CT molecular complexity index is 360. The average molecular weight is 221 g/mol. The van der Waals surface area contributed by atoms with E-state index in [-0.39, 0.29) is 13.2 Å². The van der Waals surface area contributed by atoms with Crippen molar-refractivity contribution in [3.63, 3.8) is 0 Å². The molecule has 1 aromatic rings. The van der Waals surface area contributed by atoms with Gasteiger partial charge in [-0.3, -0.25) is 0 Å². The molecule has 0 heterocycles. The molecule has 1 atom stereocenters. The Morgan fingerprint density at radius 3 is 2.81 bits per heavy atom. The Morgan fingerprint density at radius 1 is 1.38 bits per heavy atom. The van der Waals surface area contributed by atoms with E-state index in [2.05, 4.69) is 0 Å². The normalized spacial score (nSPS) is 11.8. The van der Waals surface area contributed by atoms with Crippen molar-refractivity contribution in [3.05, 3.63) is 29.8 Å². The number of hydrogen-bond donors (Lipinski definition) is 1. The van der Waals surface area contributed by atoms with Gasteiger partial charge < -0.3 is 14.6 Å². The summed E-state index contributed by atoms with van der Waals surface area (Å²) in [6, 6.07) is 8.94. The fourth-order valence-corrected chi connectivity index (χ4v) is 1.17. The van der Waals surface area contributed by atoms with E-state index in [1.807, 2.05) is 13.0 Å². The van der Waals surface area contributed by atoms with Crippen LogP contribution in [0.5, 0.6) is 5.75 Å². The highest BCUT2D eigenvalue weighted by molar-refractivity contribution is 5.42. The summed E-state index contributed by atoms with van der Waals surface area (Å²) in [4.78, 5) is 0. The molecule has 0 radical (unpaired) electrons. The molecule has 1 unspecified atom stereocenters. The fraction of sp³-hybridized carbons (Fsp3) is 0.417. The summed E-state index contributed by atoms with van der Waals surface area (Å²) in [5, 5.41) is 18.3. The minimum Gasteiger partial charge on any atom is -0.489 e. The molecule has 0 amide bonds. The first-order chi connectivity index (χ1) is 7.77. The number of nitriles is 1. The van der Waals surface area contributed by atoms with Crippen molar-refractivity contribution in [1.82, 2.24) is 0 Å². The van der Waals surface area contributed by atoms with E-state index in [0.29, 0.717) is 17.9 Å². The SMILES string of the molecule is CCOCC(O)COc1ccccc1C#N. The van der Waals surface area contributed by atoms with Crippen molar-refractivity contribution >= 4 is 0 Å². The van der Waals surface area contributed by atoms with Crippen LogP contribution in [0.4, 0.5) is 0 Å². The van der Waals surface area contributed by atoms with Crippen molar-refractivity contribution in [2.45, 2.75) is 13.0 Å². The molecule has 0 aliphatic heterocycles. The zero-order valence-electron chi connectivity index (χ0n) is 9.22. The van der Waals surface area contributed by atoms with E-state index in [9.17, 15) is 5.11 Å². The number of para-hydroxylation sites is 1. The third kappa shape index (κ3) is 3.89. The molecule has 4 heteroatoms. The maximum absolute atomic E-state index is 9.47. The minimum atomic E-state index is -0.674. The molecular weight excluding hydrogens is 206 g/mol. The lowest BCUT2D eigenvalue weighted by molar-refractivity contribution is 0.0164. The molecule has 1 rings (SSSR count). The van der Waals surface area contributed by atoms with E-state index < -0.39 is 6.10 Å². The third-order valence-corrected chi connectivity index (χ3v) is 1.95. The summed E-state index contributed by atoms with van der Waals surface area (Å²) < 4.78 is 10.4. The van der Waals surface area contributed by atoms with E-state index in [1.54, 1.807) is 24.3 Å². The molecule has 4 nitrogen and oxygen atoms in total. The van der Waals surface area contributed by atoms with E-state index in [0.717, 1.165) is 0 Å². The third-order valence-electron chi connectivity index (χ3n) is 1.95. The lowest BCUT2D eigenvalue weighted by atomic mass is 10.2. The van der Waals surface area contributed by atoms with Crippen LogP contribution in [0.15, 0.2) is 24.3 Å². The number of hydrogen-bond acceptors (Lipinski definition) is 4. The van der Waals surface area contributed by atoms with Crippen LogP contribution in [-0.4, -0.2) is 31.0 Å². The first kappa shape index (κ1) is 12.5. The van der Waals surface area contributed by atoms with Crippen LogP contribution in [0.2, 0.25) is 0 Å². The maximum atomic E-state index is 9.47. The van der Waals surface area contributed by atoms with Crippen LogP contribution in [0.1, 0.15) is 12.5 Å². The van der Waals surface area contributed by atoms with Crippen molar-refractivity contribution < 1.29 is 14.6 Å². The summed E-state index contributed by atoms with van der Waals surface area (Å²) in [5.74, 6) is 0.487. The highest BCUT2D eigenvalue weighted by Gasteiger charge is 2.07. The topological polar surface area (TPSA) is 62.5 Å². The summed E-state index contributed by atoms with van der Waals surface area (Å²) in [5.41, 5.74) is 0.464. The zero-order chi connectivity index (χ0) is 11.8. The molecule has 0 aliphatic carbocycles. The van der Waals surface area contributed by atoms with Gasteiger partial charge in [0.05, 0.1) is 12.2 Å². The minimum absolute atomic E-state index is 0.124. The van der Waals surface area contributed by atoms with Crippen LogP contribution < -0.4 is 4.74 Å². The number of aliphatic hydroxyl groups excluding tert-OH is 1. The number of rotatable bonds is 6. The van der Waals surface area contributed by atoms with Crippen LogP contribution in [0, 0.1) is 11.3 Å². The van der Waals surface area contributed by atoms with Gasteiger partial charge in [0.15, 0.2) is 0 Å². The molecule has 1 N–H and O–H groups in total. The summed E-state index contributed by atoms with van der Waals surface area (Å²) in [6.45, 7) is 2.79. The monoisotopic (exact) mass is 221 g/mol.